The predicted octanol–water partition coefficient (Wildman–Crippen LogP) is 4.70. The lowest BCUT2D eigenvalue weighted by Crippen LogP contribution is -2.07. The first kappa shape index (κ1) is 16.6. The topological polar surface area (TPSA) is 72.5 Å². The number of carbonyl (C=O) groups is 1. The van der Waals surface area contributed by atoms with E-state index in [9.17, 15) is 9.59 Å². The van der Waals surface area contributed by atoms with Crippen LogP contribution in [0, 0.1) is 0 Å². The molecule has 1 amide bonds. The van der Waals surface area contributed by atoms with Gasteiger partial charge in [-0.25, -0.2) is 4.79 Å². The first-order valence-electron chi connectivity index (χ1n) is 8.35. The Morgan fingerprint density at radius 3 is 2.56 bits per heavy atom. The van der Waals surface area contributed by atoms with E-state index < -0.39 is 5.63 Å². The zero-order valence-corrected chi connectivity index (χ0v) is 14.2. The van der Waals surface area contributed by atoms with Crippen LogP contribution in [-0.2, 0) is 4.79 Å². The maximum absolute atomic E-state index is 12.2. The van der Waals surface area contributed by atoms with Gasteiger partial charge in [0.2, 0.25) is 5.91 Å². The summed E-state index contributed by atoms with van der Waals surface area (Å²) in [6.07, 6.45) is 4.52. The Kier molecular flexibility index (Phi) is 4.41. The molecule has 2 aromatic carbocycles. The minimum atomic E-state index is -0.396. The van der Waals surface area contributed by atoms with Gasteiger partial charge in [-0.05, 0) is 48.0 Å². The molecule has 0 radical (unpaired) electrons. The molecule has 27 heavy (non-hydrogen) atoms. The van der Waals surface area contributed by atoms with E-state index in [2.05, 4.69) is 5.32 Å². The minimum Gasteiger partial charge on any atom is -0.465 e. The molecule has 5 nitrogen and oxygen atoms in total. The molecule has 0 bridgehead atoms. The Balaban J connectivity index is 1.53. The Bertz CT molecular complexity index is 1170. The van der Waals surface area contributed by atoms with Crippen LogP contribution in [0.4, 0.5) is 5.69 Å². The first-order valence-corrected chi connectivity index (χ1v) is 8.35. The third-order valence-electron chi connectivity index (χ3n) is 4.05. The summed E-state index contributed by atoms with van der Waals surface area (Å²) >= 11 is 0. The molecule has 0 aliphatic rings. The molecule has 2 aromatic heterocycles. The number of rotatable bonds is 4. The van der Waals surface area contributed by atoms with Gasteiger partial charge < -0.3 is 14.2 Å². The van der Waals surface area contributed by atoms with E-state index in [1.54, 1.807) is 60.9 Å². The van der Waals surface area contributed by atoms with Crippen molar-refractivity contribution in [2.75, 3.05) is 5.32 Å². The van der Waals surface area contributed by atoms with Crippen LogP contribution in [0.2, 0.25) is 0 Å². The van der Waals surface area contributed by atoms with Gasteiger partial charge in [-0.1, -0.05) is 30.3 Å². The highest BCUT2D eigenvalue weighted by Crippen LogP contribution is 2.22. The summed E-state index contributed by atoms with van der Waals surface area (Å²) in [5.41, 5.74) is 1.98. The average Bonchev–Trinajstić information content (AvgIpc) is 3.20. The highest BCUT2D eigenvalue weighted by atomic mass is 16.4. The second kappa shape index (κ2) is 7.17. The molecule has 0 aliphatic heterocycles. The van der Waals surface area contributed by atoms with Gasteiger partial charge in [-0.15, -0.1) is 0 Å². The number of nitrogens with one attached hydrogen (secondary N) is 1. The average molecular weight is 357 g/mol. The summed E-state index contributed by atoms with van der Waals surface area (Å²) in [5.74, 6) is 0.327. The number of furan rings is 1. The largest absolute Gasteiger partial charge is 0.465 e. The number of carbonyl (C=O) groups excluding carboxylic acids is 1. The minimum absolute atomic E-state index is 0.274. The van der Waals surface area contributed by atoms with Gasteiger partial charge >= 0.3 is 5.63 Å². The molecule has 5 heteroatoms. The molecule has 1 N–H and O–H groups in total. The molecular formula is C22H15NO4. The molecule has 0 unspecified atom stereocenters. The van der Waals surface area contributed by atoms with Gasteiger partial charge in [-0.3, -0.25) is 4.79 Å². The van der Waals surface area contributed by atoms with Crippen molar-refractivity contribution in [1.82, 2.24) is 0 Å². The van der Waals surface area contributed by atoms with Gasteiger partial charge in [0.1, 0.15) is 11.3 Å². The maximum Gasteiger partial charge on any atom is 0.344 e. The number of hydrogen-bond acceptors (Lipinski definition) is 4. The summed E-state index contributed by atoms with van der Waals surface area (Å²) < 4.78 is 10.5. The molecule has 4 aromatic rings. The number of hydrogen-bond donors (Lipinski definition) is 1. The van der Waals surface area contributed by atoms with Crippen molar-refractivity contribution in [2.45, 2.75) is 0 Å². The monoisotopic (exact) mass is 357 g/mol. The molecule has 4 rings (SSSR count). The SMILES string of the molecule is O=C(C=Cc1ccco1)Nc1ccc(-c2cc3ccccc3oc2=O)cc1. The van der Waals surface area contributed by atoms with Crippen molar-refractivity contribution in [2.24, 2.45) is 0 Å². The lowest BCUT2D eigenvalue weighted by Gasteiger charge is -2.05. The fourth-order valence-corrected chi connectivity index (χ4v) is 2.72. The zero-order chi connectivity index (χ0) is 18.6. The van der Waals surface area contributed by atoms with E-state index in [-0.39, 0.29) is 5.91 Å². The van der Waals surface area contributed by atoms with Gasteiger partial charge in [-0.2, -0.15) is 0 Å². The van der Waals surface area contributed by atoms with E-state index in [4.69, 9.17) is 8.83 Å². The van der Waals surface area contributed by atoms with Crippen LogP contribution >= 0.6 is 0 Å². The van der Waals surface area contributed by atoms with Crippen molar-refractivity contribution < 1.29 is 13.6 Å². The third kappa shape index (κ3) is 3.72. The summed E-state index contributed by atoms with van der Waals surface area (Å²) in [7, 11) is 0. The lowest BCUT2D eigenvalue weighted by molar-refractivity contribution is -0.111. The summed E-state index contributed by atoms with van der Waals surface area (Å²) in [6.45, 7) is 0. The Labute approximate surface area is 154 Å². The van der Waals surface area contributed by atoms with E-state index in [1.807, 2.05) is 18.2 Å². The summed E-state index contributed by atoms with van der Waals surface area (Å²) in [6, 6.07) is 19.7. The standard InChI is InChI=1S/C22H15NO4/c24-21(12-11-18-5-3-13-26-18)23-17-9-7-15(8-10-17)19-14-16-4-1-2-6-20(16)27-22(19)25/h1-14H,(H,23,24). The number of fused-ring (bicyclic) bond motifs is 1. The van der Waals surface area contributed by atoms with Crippen molar-refractivity contribution in [3.63, 3.8) is 0 Å². The molecule has 0 spiro atoms. The van der Waals surface area contributed by atoms with Crippen molar-refractivity contribution in [3.8, 4) is 11.1 Å². The highest BCUT2D eigenvalue weighted by Gasteiger charge is 2.08. The Hall–Kier alpha value is -3.86. The number of anilines is 1. The second-order valence-corrected chi connectivity index (χ2v) is 5.90. The molecule has 0 saturated carbocycles. The third-order valence-corrected chi connectivity index (χ3v) is 4.05. The number of amides is 1. The predicted molar refractivity (Wildman–Crippen MR) is 104 cm³/mol. The van der Waals surface area contributed by atoms with Crippen LogP contribution in [0.25, 0.3) is 28.2 Å². The van der Waals surface area contributed by atoms with Crippen LogP contribution < -0.4 is 10.9 Å². The molecular weight excluding hydrogens is 342 g/mol. The van der Waals surface area contributed by atoms with Gasteiger partial charge in [0.15, 0.2) is 0 Å². The fraction of sp³-hybridized carbons (Fsp3) is 0. The molecule has 0 saturated heterocycles. The van der Waals surface area contributed by atoms with E-state index in [0.29, 0.717) is 22.6 Å². The second-order valence-electron chi connectivity index (χ2n) is 5.90. The van der Waals surface area contributed by atoms with Gasteiger partial charge in [0, 0.05) is 17.1 Å². The van der Waals surface area contributed by atoms with E-state index in [0.717, 1.165) is 10.9 Å². The van der Waals surface area contributed by atoms with Crippen molar-refractivity contribution in [3.05, 3.63) is 95.2 Å². The van der Waals surface area contributed by atoms with E-state index >= 15 is 0 Å². The fourth-order valence-electron chi connectivity index (χ4n) is 2.72. The maximum atomic E-state index is 12.2. The smallest absolute Gasteiger partial charge is 0.344 e. The van der Waals surface area contributed by atoms with Crippen molar-refractivity contribution in [1.29, 1.82) is 0 Å². The molecule has 132 valence electrons. The number of para-hydroxylation sites is 1. The van der Waals surface area contributed by atoms with E-state index in [1.165, 1.54) is 6.08 Å². The summed E-state index contributed by atoms with van der Waals surface area (Å²) in [5, 5.41) is 3.61. The molecule has 0 atom stereocenters. The Morgan fingerprint density at radius 1 is 0.963 bits per heavy atom. The zero-order valence-electron chi connectivity index (χ0n) is 14.2. The van der Waals surface area contributed by atoms with Crippen LogP contribution in [-0.4, -0.2) is 5.91 Å². The lowest BCUT2D eigenvalue weighted by atomic mass is 10.1. The van der Waals surface area contributed by atoms with Gasteiger partial charge in [0.25, 0.3) is 0 Å². The van der Waals surface area contributed by atoms with Crippen LogP contribution in [0.5, 0.6) is 0 Å². The molecule has 2 heterocycles. The normalized spacial score (nSPS) is 11.1. The highest BCUT2D eigenvalue weighted by molar-refractivity contribution is 6.01. The molecule has 0 fully saturated rings. The summed E-state index contributed by atoms with van der Waals surface area (Å²) in [4.78, 5) is 24.2. The quantitative estimate of drug-likeness (QED) is 0.424. The van der Waals surface area contributed by atoms with Crippen molar-refractivity contribution >= 4 is 28.6 Å². The van der Waals surface area contributed by atoms with Crippen LogP contribution in [0.15, 0.2) is 92.7 Å². The van der Waals surface area contributed by atoms with Crippen LogP contribution in [0.3, 0.4) is 0 Å². The number of benzene rings is 2. The molecule has 0 aliphatic carbocycles. The van der Waals surface area contributed by atoms with Crippen LogP contribution in [0.1, 0.15) is 5.76 Å². The Morgan fingerprint density at radius 2 is 1.78 bits per heavy atom. The first-order chi connectivity index (χ1) is 13.2. The van der Waals surface area contributed by atoms with Gasteiger partial charge in [0.05, 0.1) is 11.8 Å².